The monoisotopic (exact) mass is 482 g/mol. The number of aryl methyl sites for hydroxylation is 2. The molecule has 1 aliphatic carbocycles. The molecule has 1 aliphatic heterocycles. The zero-order valence-corrected chi connectivity index (χ0v) is 19.3. The summed E-state index contributed by atoms with van der Waals surface area (Å²) >= 11 is 15.0. The summed E-state index contributed by atoms with van der Waals surface area (Å²) in [6.45, 7) is 3.19. The standard InChI is InChI=1S/C20H20Cl2N4O2S2/c21-14-9-12(17(22)30-14)20(28)26-7-5-25(6-8-26)10-15-23-18(27)16-11-3-1-2-4-13(11)29-19(16)24-15/h9H,1-8,10H2,(H,23,24,27). The molecule has 0 radical (unpaired) electrons. The predicted molar refractivity (Wildman–Crippen MR) is 122 cm³/mol. The minimum Gasteiger partial charge on any atom is -0.336 e. The molecule has 0 saturated carbocycles. The Bertz CT molecular complexity index is 1180. The van der Waals surface area contributed by atoms with Gasteiger partial charge < -0.3 is 9.88 Å². The first-order valence-corrected chi connectivity index (χ1v) is 12.4. The highest BCUT2D eigenvalue weighted by atomic mass is 35.5. The van der Waals surface area contributed by atoms with Crippen LogP contribution in [0.15, 0.2) is 10.9 Å². The number of piperazine rings is 1. The van der Waals surface area contributed by atoms with Crippen LogP contribution < -0.4 is 5.56 Å². The molecule has 30 heavy (non-hydrogen) atoms. The van der Waals surface area contributed by atoms with Crippen LogP contribution in [0, 0.1) is 0 Å². The minimum absolute atomic E-state index is 0.0211. The molecule has 1 fully saturated rings. The lowest BCUT2D eigenvalue weighted by atomic mass is 9.97. The zero-order valence-electron chi connectivity index (χ0n) is 16.2. The second kappa shape index (κ2) is 8.24. The number of hydrogen-bond acceptors (Lipinski definition) is 6. The molecule has 158 valence electrons. The fourth-order valence-corrected chi connectivity index (χ4v) is 6.99. The third-order valence-electron chi connectivity index (χ3n) is 5.79. The fourth-order valence-electron chi connectivity index (χ4n) is 4.26. The van der Waals surface area contributed by atoms with Crippen molar-refractivity contribution in [3.8, 4) is 0 Å². The van der Waals surface area contributed by atoms with Crippen LogP contribution in [-0.2, 0) is 19.4 Å². The highest BCUT2D eigenvalue weighted by Gasteiger charge is 2.26. The van der Waals surface area contributed by atoms with Crippen LogP contribution in [0.2, 0.25) is 8.67 Å². The summed E-state index contributed by atoms with van der Waals surface area (Å²) in [5, 5.41) is 0.792. The maximum Gasteiger partial charge on any atom is 0.259 e. The number of aromatic amines is 1. The van der Waals surface area contributed by atoms with E-state index in [1.165, 1.54) is 28.2 Å². The number of halogens is 2. The lowest BCUT2D eigenvalue weighted by Gasteiger charge is -2.34. The normalized spacial score (nSPS) is 17.5. The van der Waals surface area contributed by atoms with Crippen LogP contribution in [0.25, 0.3) is 10.2 Å². The van der Waals surface area contributed by atoms with Crippen molar-refractivity contribution in [2.24, 2.45) is 0 Å². The number of carbonyl (C=O) groups is 1. The number of aromatic nitrogens is 2. The Balaban J connectivity index is 1.27. The van der Waals surface area contributed by atoms with Crippen LogP contribution in [-0.4, -0.2) is 51.9 Å². The van der Waals surface area contributed by atoms with Crippen LogP contribution >= 0.6 is 45.9 Å². The number of H-pyrrole nitrogens is 1. The van der Waals surface area contributed by atoms with E-state index in [-0.39, 0.29) is 11.5 Å². The number of rotatable bonds is 3. The van der Waals surface area contributed by atoms with Crippen LogP contribution in [0.1, 0.15) is 39.5 Å². The Morgan fingerprint density at radius 1 is 1.13 bits per heavy atom. The first kappa shape index (κ1) is 20.5. The molecule has 0 bridgehead atoms. The average Bonchev–Trinajstić information content (AvgIpc) is 3.27. The second-order valence-electron chi connectivity index (χ2n) is 7.71. The lowest BCUT2D eigenvalue weighted by Crippen LogP contribution is -2.48. The van der Waals surface area contributed by atoms with Gasteiger partial charge in [0.1, 0.15) is 15.0 Å². The van der Waals surface area contributed by atoms with E-state index < -0.39 is 0 Å². The third kappa shape index (κ3) is 3.80. The van der Waals surface area contributed by atoms with Crippen molar-refractivity contribution in [3.05, 3.63) is 46.9 Å². The van der Waals surface area contributed by atoms with Crippen molar-refractivity contribution in [3.63, 3.8) is 0 Å². The second-order valence-corrected chi connectivity index (χ2v) is 11.1. The molecule has 2 aliphatic rings. The van der Waals surface area contributed by atoms with Gasteiger partial charge in [-0.15, -0.1) is 22.7 Å². The Kier molecular flexibility index (Phi) is 5.62. The maximum atomic E-state index is 12.7. The predicted octanol–water partition coefficient (Wildman–Crippen LogP) is 4.19. The molecule has 3 aromatic rings. The number of nitrogens with one attached hydrogen (secondary N) is 1. The Morgan fingerprint density at radius 3 is 2.63 bits per heavy atom. The van der Waals surface area contributed by atoms with E-state index in [4.69, 9.17) is 28.2 Å². The molecule has 1 saturated heterocycles. The van der Waals surface area contributed by atoms with E-state index in [2.05, 4.69) is 9.88 Å². The summed E-state index contributed by atoms with van der Waals surface area (Å²) in [6.07, 6.45) is 4.37. The summed E-state index contributed by atoms with van der Waals surface area (Å²) in [5.41, 5.74) is 1.66. The number of carbonyl (C=O) groups excluding carboxylic acids is 1. The molecule has 3 aromatic heterocycles. The topological polar surface area (TPSA) is 69.3 Å². The van der Waals surface area contributed by atoms with Crippen molar-refractivity contribution in [1.82, 2.24) is 19.8 Å². The summed E-state index contributed by atoms with van der Waals surface area (Å²) in [5.74, 6) is 0.610. The number of thiophene rings is 2. The van der Waals surface area contributed by atoms with Crippen molar-refractivity contribution in [2.45, 2.75) is 32.2 Å². The zero-order chi connectivity index (χ0) is 20.8. The maximum absolute atomic E-state index is 12.7. The van der Waals surface area contributed by atoms with Gasteiger partial charge in [-0.1, -0.05) is 23.2 Å². The molecule has 0 aromatic carbocycles. The van der Waals surface area contributed by atoms with Crippen molar-refractivity contribution < 1.29 is 4.79 Å². The van der Waals surface area contributed by atoms with Gasteiger partial charge in [-0.05, 0) is 37.3 Å². The van der Waals surface area contributed by atoms with Gasteiger partial charge in [-0.3, -0.25) is 14.5 Å². The van der Waals surface area contributed by atoms with Gasteiger partial charge in [0, 0.05) is 31.1 Å². The number of fused-ring (bicyclic) bond motifs is 3. The molecule has 10 heteroatoms. The van der Waals surface area contributed by atoms with Crippen LogP contribution in [0.4, 0.5) is 0 Å². The van der Waals surface area contributed by atoms with Crippen molar-refractivity contribution >= 4 is 62.0 Å². The summed E-state index contributed by atoms with van der Waals surface area (Å²) < 4.78 is 0.948. The van der Waals surface area contributed by atoms with Gasteiger partial charge in [0.15, 0.2) is 0 Å². The summed E-state index contributed by atoms with van der Waals surface area (Å²) in [4.78, 5) is 39.4. The van der Waals surface area contributed by atoms with Gasteiger partial charge in [-0.25, -0.2) is 4.98 Å². The number of hydrogen-bond donors (Lipinski definition) is 1. The minimum atomic E-state index is -0.0834. The first-order valence-electron chi connectivity index (χ1n) is 9.99. The van der Waals surface area contributed by atoms with E-state index >= 15 is 0 Å². The number of nitrogens with zero attached hydrogens (tertiary/aromatic N) is 3. The quantitative estimate of drug-likeness (QED) is 0.607. The molecule has 4 heterocycles. The van der Waals surface area contributed by atoms with Crippen LogP contribution in [0.3, 0.4) is 0 Å². The molecule has 1 N–H and O–H groups in total. The summed E-state index contributed by atoms with van der Waals surface area (Å²) in [6, 6.07) is 1.63. The molecule has 1 amide bonds. The van der Waals surface area contributed by atoms with Crippen molar-refractivity contribution in [2.75, 3.05) is 26.2 Å². The van der Waals surface area contributed by atoms with Gasteiger partial charge in [0.25, 0.3) is 11.5 Å². The molecule has 5 rings (SSSR count). The van der Waals surface area contributed by atoms with Gasteiger partial charge in [0.05, 0.1) is 21.8 Å². The third-order valence-corrected chi connectivity index (χ3v) is 8.47. The van der Waals surface area contributed by atoms with E-state index in [0.717, 1.165) is 29.5 Å². The molecule has 0 spiro atoms. The van der Waals surface area contributed by atoms with Crippen molar-refractivity contribution in [1.29, 1.82) is 0 Å². The lowest BCUT2D eigenvalue weighted by molar-refractivity contribution is 0.0626. The van der Waals surface area contributed by atoms with Gasteiger partial charge in [0.2, 0.25) is 0 Å². The van der Waals surface area contributed by atoms with E-state index in [1.807, 2.05) is 0 Å². The Morgan fingerprint density at radius 2 is 1.90 bits per heavy atom. The highest BCUT2D eigenvalue weighted by molar-refractivity contribution is 7.20. The number of amides is 1. The first-order chi connectivity index (χ1) is 14.5. The van der Waals surface area contributed by atoms with Gasteiger partial charge in [-0.2, -0.15) is 0 Å². The van der Waals surface area contributed by atoms with Gasteiger partial charge >= 0.3 is 0 Å². The molecular formula is C20H20Cl2N4O2S2. The molecule has 0 atom stereocenters. The molecular weight excluding hydrogens is 463 g/mol. The Hall–Kier alpha value is -1.45. The van der Waals surface area contributed by atoms with E-state index in [0.29, 0.717) is 52.8 Å². The van der Waals surface area contributed by atoms with E-state index in [1.54, 1.807) is 22.3 Å². The van der Waals surface area contributed by atoms with Crippen LogP contribution in [0.5, 0.6) is 0 Å². The SMILES string of the molecule is O=C(c1cc(Cl)sc1Cl)N1CCN(Cc2nc3sc4c(c3c(=O)[nH]2)CCCC4)CC1. The smallest absolute Gasteiger partial charge is 0.259 e. The largest absolute Gasteiger partial charge is 0.336 e. The molecule has 0 unspecified atom stereocenters. The summed E-state index contributed by atoms with van der Waals surface area (Å²) in [7, 11) is 0. The molecule has 6 nitrogen and oxygen atoms in total. The average molecular weight is 483 g/mol. The Labute approximate surface area is 191 Å². The highest BCUT2D eigenvalue weighted by Crippen LogP contribution is 2.34. The van der Waals surface area contributed by atoms with E-state index in [9.17, 15) is 9.59 Å². The fraction of sp³-hybridized carbons (Fsp3) is 0.450.